The molecule has 0 spiro atoms. The zero-order chi connectivity index (χ0) is 13.5. The monoisotopic (exact) mass is 258 g/mol. The van der Waals surface area contributed by atoms with E-state index in [1.807, 2.05) is 0 Å². The molecule has 17 heavy (non-hydrogen) atoms. The Morgan fingerprint density at radius 2 is 1.76 bits per heavy atom. The second-order valence-corrected chi connectivity index (χ2v) is 4.58. The van der Waals surface area contributed by atoms with E-state index in [1.54, 1.807) is 30.3 Å². The molecular weight excluding hydrogens is 244 g/mol. The third-order valence-electron chi connectivity index (χ3n) is 1.35. The summed E-state index contributed by atoms with van der Waals surface area (Å²) in [6.07, 6.45) is 3.92. The molecule has 6 nitrogen and oxygen atoms in total. The second-order valence-electron chi connectivity index (χ2n) is 3.11. The number of nitrogens with two attached hydrogens (primary N) is 1. The molecule has 0 radical (unpaired) electrons. The van der Waals surface area contributed by atoms with Gasteiger partial charge in [-0.25, -0.2) is 0 Å². The van der Waals surface area contributed by atoms with Crippen LogP contribution in [0.15, 0.2) is 30.3 Å². The Morgan fingerprint density at radius 1 is 1.35 bits per heavy atom. The Kier molecular flexibility index (Phi) is 5.94. The standard InChI is InChI=1S/C9H10N2O.CH4O3S/c10-9(11)6-3-7-1-4-8(12)5-2-7;1-5(2,3)4/h1-6,12H,(H3,10,11);1H3,(H,2,3,4)/b6-3+;. The van der Waals surface area contributed by atoms with Crippen LogP contribution in [0.1, 0.15) is 5.56 Å². The first-order valence-corrected chi connectivity index (χ1v) is 6.27. The van der Waals surface area contributed by atoms with Crippen LogP contribution in [0.25, 0.3) is 6.08 Å². The van der Waals surface area contributed by atoms with Gasteiger partial charge in [0.2, 0.25) is 0 Å². The summed E-state index contributed by atoms with van der Waals surface area (Å²) in [5, 5.41) is 15.9. The van der Waals surface area contributed by atoms with Crippen LogP contribution in [0.2, 0.25) is 0 Å². The van der Waals surface area contributed by atoms with Crippen LogP contribution in [0.5, 0.6) is 5.75 Å². The maximum absolute atomic E-state index is 9.19. The average molecular weight is 258 g/mol. The van der Waals surface area contributed by atoms with Gasteiger partial charge in [-0.15, -0.1) is 0 Å². The van der Waals surface area contributed by atoms with E-state index in [4.69, 9.17) is 20.8 Å². The van der Waals surface area contributed by atoms with Gasteiger partial charge in [0.25, 0.3) is 10.1 Å². The normalized spacial score (nSPS) is 10.7. The van der Waals surface area contributed by atoms with Gasteiger partial charge in [0.15, 0.2) is 0 Å². The van der Waals surface area contributed by atoms with Crippen LogP contribution in [-0.4, -0.2) is 30.2 Å². The van der Waals surface area contributed by atoms with E-state index in [0.29, 0.717) is 6.26 Å². The number of benzene rings is 1. The van der Waals surface area contributed by atoms with Crippen molar-refractivity contribution >= 4 is 22.0 Å². The molecule has 0 saturated carbocycles. The van der Waals surface area contributed by atoms with Crippen molar-refractivity contribution in [2.45, 2.75) is 0 Å². The van der Waals surface area contributed by atoms with Crippen molar-refractivity contribution in [2.75, 3.05) is 6.26 Å². The topological polar surface area (TPSA) is 124 Å². The Morgan fingerprint density at radius 3 is 2.12 bits per heavy atom. The summed E-state index contributed by atoms with van der Waals surface area (Å²) in [5.74, 6) is 0.248. The van der Waals surface area contributed by atoms with E-state index < -0.39 is 10.1 Å². The van der Waals surface area contributed by atoms with E-state index in [-0.39, 0.29) is 11.6 Å². The minimum absolute atomic E-state index is 0.0167. The van der Waals surface area contributed by atoms with Crippen LogP contribution < -0.4 is 5.73 Å². The number of aromatic hydroxyl groups is 1. The summed E-state index contributed by atoms with van der Waals surface area (Å²) < 4.78 is 25.9. The Balaban J connectivity index is 0.000000437. The number of phenols is 1. The molecule has 7 heteroatoms. The van der Waals surface area contributed by atoms with Crippen molar-refractivity contribution in [3.05, 3.63) is 35.9 Å². The maximum Gasteiger partial charge on any atom is 0.261 e. The summed E-state index contributed by atoms with van der Waals surface area (Å²) in [4.78, 5) is 0. The summed E-state index contributed by atoms with van der Waals surface area (Å²) in [7, 11) is -3.67. The van der Waals surface area contributed by atoms with Crippen molar-refractivity contribution < 1.29 is 18.1 Å². The summed E-state index contributed by atoms with van der Waals surface area (Å²) in [6.45, 7) is 0. The lowest BCUT2D eigenvalue weighted by Gasteiger charge is -1.92. The predicted molar refractivity (Wildman–Crippen MR) is 66.5 cm³/mol. The van der Waals surface area contributed by atoms with Crippen LogP contribution in [0, 0.1) is 5.41 Å². The average Bonchev–Trinajstić information content (AvgIpc) is 2.14. The first-order valence-electron chi connectivity index (χ1n) is 4.42. The number of rotatable bonds is 2. The number of hydrogen-bond donors (Lipinski definition) is 4. The largest absolute Gasteiger partial charge is 0.508 e. The third-order valence-corrected chi connectivity index (χ3v) is 1.35. The van der Waals surface area contributed by atoms with Crippen molar-refractivity contribution in [3.63, 3.8) is 0 Å². The molecule has 0 aliphatic heterocycles. The molecule has 0 aromatic heterocycles. The van der Waals surface area contributed by atoms with Crippen molar-refractivity contribution in [2.24, 2.45) is 5.73 Å². The second kappa shape index (κ2) is 6.66. The summed E-state index contributed by atoms with van der Waals surface area (Å²) >= 11 is 0. The lowest BCUT2D eigenvalue weighted by Crippen LogP contribution is -2.03. The molecule has 0 fully saturated rings. The van der Waals surface area contributed by atoms with Gasteiger partial charge < -0.3 is 10.8 Å². The van der Waals surface area contributed by atoms with E-state index >= 15 is 0 Å². The van der Waals surface area contributed by atoms with Gasteiger partial charge in [-0.2, -0.15) is 8.42 Å². The molecule has 0 amide bonds. The Bertz CT molecular complexity index is 484. The number of nitrogens with one attached hydrogen (secondary N) is 1. The lowest BCUT2D eigenvalue weighted by molar-refractivity contribution is 0.475. The molecule has 1 rings (SSSR count). The SMILES string of the molecule is CS(=O)(=O)O.N=C(N)/C=C/c1ccc(O)cc1. The molecule has 0 saturated heterocycles. The quantitative estimate of drug-likeness (QED) is 0.355. The number of phenolic OH excluding ortho intramolecular Hbond substituents is 1. The van der Waals surface area contributed by atoms with Crippen LogP contribution in [0.3, 0.4) is 0 Å². The fourth-order valence-electron chi connectivity index (χ4n) is 0.771. The predicted octanol–water partition coefficient (Wildman–Crippen LogP) is 0.845. The maximum atomic E-state index is 9.19. The summed E-state index contributed by atoms with van der Waals surface area (Å²) in [5.41, 5.74) is 6.02. The molecule has 0 heterocycles. The molecule has 1 aromatic rings. The lowest BCUT2D eigenvalue weighted by atomic mass is 10.2. The van der Waals surface area contributed by atoms with Crippen LogP contribution in [0.4, 0.5) is 0 Å². The third kappa shape index (κ3) is 12.1. The molecule has 0 aliphatic rings. The van der Waals surface area contributed by atoms with Gasteiger partial charge in [0.05, 0.1) is 6.26 Å². The fraction of sp³-hybridized carbons (Fsp3) is 0.100. The van der Waals surface area contributed by atoms with Crippen molar-refractivity contribution in [3.8, 4) is 5.75 Å². The van der Waals surface area contributed by atoms with Crippen molar-refractivity contribution in [1.29, 1.82) is 5.41 Å². The minimum atomic E-state index is -3.67. The van der Waals surface area contributed by atoms with E-state index in [1.165, 1.54) is 6.08 Å². The van der Waals surface area contributed by atoms with Gasteiger partial charge in [-0.05, 0) is 23.8 Å². The molecule has 0 unspecified atom stereocenters. The van der Waals surface area contributed by atoms with Gasteiger partial charge in [0.1, 0.15) is 11.6 Å². The van der Waals surface area contributed by atoms with Gasteiger partial charge >= 0.3 is 0 Å². The smallest absolute Gasteiger partial charge is 0.261 e. The van der Waals surface area contributed by atoms with E-state index in [0.717, 1.165) is 5.56 Å². The highest BCUT2D eigenvalue weighted by atomic mass is 32.2. The first kappa shape index (κ1) is 15.1. The van der Waals surface area contributed by atoms with Gasteiger partial charge in [0, 0.05) is 0 Å². The molecule has 94 valence electrons. The van der Waals surface area contributed by atoms with Crippen molar-refractivity contribution in [1.82, 2.24) is 0 Å². The highest BCUT2D eigenvalue weighted by Gasteiger charge is 1.87. The van der Waals surface area contributed by atoms with Crippen LogP contribution >= 0.6 is 0 Å². The molecule has 5 N–H and O–H groups in total. The highest BCUT2D eigenvalue weighted by molar-refractivity contribution is 7.85. The van der Waals surface area contributed by atoms with E-state index in [9.17, 15) is 8.42 Å². The zero-order valence-corrected chi connectivity index (χ0v) is 9.98. The number of amidine groups is 1. The Labute approximate surface area is 99.7 Å². The fourth-order valence-corrected chi connectivity index (χ4v) is 0.771. The van der Waals surface area contributed by atoms with Gasteiger partial charge in [-0.3, -0.25) is 9.96 Å². The molecule has 1 aromatic carbocycles. The molecule has 0 aliphatic carbocycles. The van der Waals surface area contributed by atoms with E-state index in [2.05, 4.69) is 0 Å². The summed E-state index contributed by atoms with van der Waals surface area (Å²) in [6, 6.07) is 6.66. The van der Waals surface area contributed by atoms with Crippen LogP contribution in [-0.2, 0) is 10.1 Å². The molecule has 0 atom stereocenters. The Hall–Kier alpha value is -1.86. The first-order chi connectivity index (χ1) is 7.68. The van der Waals surface area contributed by atoms with Gasteiger partial charge in [-0.1, -0.05) is 18.2 Å². The zero-order valence-electron chi connectivity index (χ0n) is 9.16. The minimum Gasteiger partial charge on any atom is -0.508 e. The molecule has 0 bridgehead atoms. The highest BCUT2D eigenvalue weighted by Crippen LogP contribution is 2.10. The number of hydrogen-bond acceptors (Lipinski definition) is 4. The molecular formula is C10H14N2O4S.